The number of aryl methyl sites for hydroxylation is 1. The topological polar surface area (TPSA) is 51.4 Å². The maximum absolute atomic E-state index is 5.96. The Labute approximate surface area is 147 Å². The van der Waals surface area contributed by atoms with E-state index in [1.165, 1.54) is 5.56 Å². The summed E-state index contributed by atoms with van der Waals surface area (Å²) in [5, 5.41) is 7.99. The number of likely N-dealkylation sites (tertiary alicyclic amines) is 1. The molecule has 25 heavy (non-hydrogen) atoms. The van der Waals surface area contributed by atoms with Crippen molar-refractivity contribution in [1.29, 1.82) is 0 Å². The molecule has 4 rings (SSSR count). The molecule has 128 valence electrons. The van der Waals surface area contributed by atoms with Crippen LogP contribution in [0.25, 0.3) is 0 Å². The molecule has 1 aromatic heterocycles. The van der Waals surface area contributed by atoms with Gasteiger partial charge in [-0.3, -0.25) is 4.90 Å². The van der Waals surface area contributed by atoms with Crippen LogP contribution in [0.1, 0.15) is 29.7 Å². The molecule has 0 radical (unpaired) electrons. The van der Waals surface area contributed by atoms with Crippen LogP contribution in [0.3, 0.4) is 0 Å². The molecule has 3 aromatic rings. The quantitative estimate of drug-likeness (QED) is 0.701. The molecule has 1 aliphatic rings. The lowest BCUT2D eigenvalue weighted by Crippen LogP contribution is -2.20. The molecule has 2 aromatic carbocycles. The molecule has 0 bridgehead atoms. The summed E-state index contributed by atoms with van der Waals surface area (Å²) in [5.74, 6) is 3.56. The lowest BCUT2D eigenvalue weighted by atomic mass is 9.98. The van der Waals surface area contributed by atoms with Gasteiger partial charge in [0.2, 0.25) is 11.8 Å². The number of rotatable bonds is 5. The Morgan fingerprint density at radius 1 is 1.08 bits per heavy atom. The maximum atomic E-state index is 5.96. The molecule has 5 nitrogen and oxygen atoms in total. The molecular weight excluding hydrogens is 314 g/mol. The second-order valence-electron chi connectivity index (χ2n) is 6.42. The minimum absolute atomic E-state index is 0.503. The minimum atomic E-state index is 0.503. The summed E-state index contributed by atoms with van der Waals surface area (Å²) < 4.78 is 11.4. The molecular formula is C20H21N3O2. The number of hydrogen-bond donors (Lipinski definition) is 0. The Kier molecular flexibility index (Phi) is 4.48. The Hall–Kier alpha value is -2.66. The third-order valence-electron chi connectivity index (χ3n) is 4.51. The summed E-state index contributed by atoms with van der Waals surface area (Å²) in [6.45, 7) is 4.57. The molecule has 5 heteroatoms. The van der Waals surface area contributed by atoms with E-state index >= 15 is 0 Å². The highest BCUT2D eigenvalue weighted by atomic mass is 16.5. The molecule has 0 amide bonds. The average Bonchev–Trinajstić information content (AvgIpc) is 3.26. The molecule has 1 unspecified atom stereocenters. The van der Waals surface area contributed by atoms with Gasteiger partial charge in [-0.05, 0) is 48.7 Å². The van der Waals surface area contributed by atoms with E-state index in [2.05, 4.69) is 33.3 Å². The van der Waals surface area contributed by atoms with Gasteiger partial charge in [0.15, 0.2) is 0 Å². The van der Waals surface area contributed by atoms with Gasteiger partial charge in [0.25, 0.3) is 0 Å². The van der Waals surface area contributed by atoms with Crippen LogP contribution in [0.5, 0.6) is 11.5 Å². The Morgan fingerprint density at radius 3 is 2.72 bits per heavy atom. The van der Waals surface area contributed by atoms with Crippen molar-refractivity contribution in [1.82, 2.24) is 15.1 Å². The highest BCUT2D eigenvalue weighted by Gasteiger charge is 2.25. The van der Waals surface area contributed by atoms with Crippen LogP contribution >= 0.6 is 0 Å². The van der Waals surface area contributed by atoms with Crippen molar-refractivity contribution in [3.8, 4) is 11.5 Å². The van der Waals surface area contributed by atoms with Crippen molar-refractivity contribution in [2.24, 2.45) is 0 Å². The van der Waals surface area contributed by atoms with Crippen LogP contribution in [-0.4, -0.2) is 28.2 Å². The Morgan fingerprint density at radius 2 is 1.92 bits per heavy atom. The SMILES string of the molecule is Cc1nnc(CN2CCC(c3cccc(Oc4ccccc4)c3)C2)o1. The summed E-state index contributed by atoms with van der Waals surface area (Å²) >= 11 is 0. The molecule has 2 heterocycles. The van der Waals surface area contributed by atoms with Crippen molar-refractivity contribution in [2.75, 3.05) is 13.1 Å². The molecule has 1 atom stereocenters. The van der Waals surface area contributed by atoms with Crippen molar-refractivity contribution < 1.29 is 9.15 Å². The van der Waals surface area contributed by atoms with Gasteiger partial charge in [-0.15, -0.1) is 10.2 Å². The number of benzene rings is 2. The molecule has 0 aliphatic carbocycles. The third kappa shape index (κ3) is 3.88. The van der Waals surface area contributed by atoms with E-state index in [0.717, 1.165) is 37.6 Å². The van der Waals surface area contributed by atoms with E-state index in [1.807, 2.05) is 43.3 Å². The summed E-state index contributed by atoms with van der Waals surface area (Å²) in [6, 6.07) is 18.3. The first-order valence-corrected chi connectivity index (χ1v) is 8.60. The molecule has 1 aliphatic heterocycles. The molecule has 1 saturated heterocycles. The average molecular weight is 335 g/mol. The van der Waals surface area contributed by atoms with E-state index in [4.69, 9.17) is 9.15 Å². The fourth-order valence-electron chi connectivity index (χ4n) is 3.30. The van der Waals surface area contributed by atoms with Crippen molar-refractivity contribution >= 4 is 0 Å². The predicted octanol–water partition coefficient (Wildman–Crippen LogP) is 4.16. The lowest BCUT2D eigenvalue weighted by Gasteiger charge is -2.15. The van der Waals surface area contributed by atoms with Crippen LogP contribution in [0.2, 0.25) is 0 Å². The van der Waals surface area contributed by atoms with E-state index in [1.54, 1.807) is 0 Å². The van der Waals surface area contributed by atoms with Crippen LogP contribution in [-0.2, 0) is 6.54 Å². The zero-order valence-electron chi connectivity index (χ0n) is 14.3. The summed E-state index contributed by atoms with van der Waals surface area (Å²) in [5.41, 5.74) is 1.32. The third-order valence-corrected chi connectivity index (χ3v) is 4.51. The second kappa shape index (κ2) is 7.07. The standard InChI is InChI=1S/C20H21N3O2/c1-15-21-22-20(24-15)14-23-11-10-17(13-23)16-6-5-9-19(12-16)25-18-7-3-2-4-8-18/h2-9,12,17H,10-11,13-14H2,1H3. The van der Waals surface area contributed by atoms with Crippen LogP contribution in [0.4, 0.5) is 0 Å². The van der Waals surface area contributed by atoms with Gasteiger partial charge >= 0.3 is 0 Å². The van der Waals surface area contributed by atoms with E-state index in [0.29, 0.717) is 17.7 Å². The minimum Gasteiger partial charge on any atom is -0.457 e. The maximum Gasteiger partial charge on any atom is 0.230 e. The van der Waals surface area contributed by atoms with Crippen molar-refractivity contribution in [2.45, 2.75) is 25.8 Å². The van der Waals surface area contributed by atoms with Gasteiger partial charge in [0.05, 0.1) is 6.54 Å². The second-order valence-corrected chi connectivity index (χ2v) is 6.42. The zero-order valence-corrected chi connectivity index (χ0v) is 14.3. The van der Waals surface area contributed by atoms with Gasteiger partial charge in [-0.2, -0.15) is 0 Å². The summed E-state index contributed by atoms with van der Waals surface area (Å²) in [7, 11) is 0. The van der Waals surface area contributed by atoms with E-state index in [9.17, 15) is 0 Å². The number of ether oxygens (including phenoxy) is 1. The van der Waals surface area contributed by atoms with Crippen LogP contribution < -0.4 is 4.74 Å². The first kappa shape index (κ1) is 15.8. The number of para-hydroxylation sites is 1. The first-order valence-electron chi connectivity index (χ1n) is 8.60. The largest absolute Gasteiger partial charge is 0.457 e. The Balaban J connectivity index is 1.41. The predicted molar refractivity (Wildman–Crippen MR) is 94.6 cm³/mol. The molecule has 0 spiro atoms. The lowest BCUT2D eigenvalue weighted by molar-refractivity contribution is 0.284. The van der Waals surface area contributed by atoms with Crippen molar-refractivity contribution in [3.63, 3.8) is 0 Å². The normalized spacial score (nSPS) is 17.7. The molecule has 0 N–H and O–H groups in total. The Bertz CT molecular complexity index is 832. The van der Waals surface area contributed by atoms with Crippen molar-refractivity contribution in [3.05, 3.63) is 71.9 Å². The molecule has 1 fully saturated rings. The highest BCUT2D eigenvalue weighted by molar-refractivity contribution is 5.35. The van der Waals surface area contributed by atoms with E-state index < -0.39 is 0 Å². The van der Waals surface area contributed by atoms with E-state index in [-0.39, 0.29) is 0 Å². The van der Waals surface area contributed by atoms with Crippen LogP contribution in [0.15, 0.2) is 59.0 Å². The number of aromatic nitrogens is 2. The summed E-state index contributed by atoms with van der Waals surface area (Å²) in [6.07, 6.45) is 1.13. The fourth-order valence-corrected chi connectivity index (χ4v) is 3.30. The monoisotopic (exact) mass is 335 g/mol. The highest BCUT2D eigenvalue weighted by Crippen LogP contribution is 2.31. The fraction of sp³-hybridized carbons (Fsp3) is 0.300. The molecule has 0 saturated carbocycles. The van der Waals surface area contributed by atoms with Gasteiger partial charge in [0, 0.05) is 13.5 Å². The first-order chi connectivity index (χ1) is 12.3. The van der Waals surface area contributed by atoms with Gasteiger partial charge < -0.3 is 9.15 Å². The van der Waals surface area contributed by atoms with Gasteiger partial charge in [-0.25, -0.2) is 0 Å². The number of hydrogen-bond acceptors (Lipinski definition) is 5. The van der Waals surface area contributed by atoms with Gasteiger partial charge in [0.1, 0.15) is 11.5 Å². The zero-order chi connectivity index (χ0) is 17.1. The van der Waals surface area contributed by atoms with Crippen LogP contribution in [0, 0.1) is 6.92 Å². The smallest absolute Gasteiger partial charge is 0.230 e. The van der Waals surface area contributed by atoms with Gasteiger partial charge in [-0.1, -0.05) is 30.3 Å². The summed E-state index contributed by atoms with van der Waals surface area (Å²) in [4.78, 5) is 2.36. The number of nitrogens with zero attached hydrogens (tertiary/aromatic N) is 3.